The minimum Gasteiger partial charge on any atom is -0.387 e. The zero-order valence-electron chi connectivity index (χ0n) is 72.4. The number of hydrogen-bond donors (Lipinski definition) is 4. The monoisotopic (exact) mass is 1900 g/mol. The lowest BCUT2D eigenvalue weighted by molar-refractivity contribution is -0.237. The Labute approximate surface area is 776 Å². The van der Waals surface area contributed by atoms with Crippen LogP contribution in [0.2, 0.25) is 30.4 Å². The van der Waals surface area contributed by atoms with Gasteiger partial charge < -0.3 is 119 Å². The number of fused-ring (bicyclic) bond motifs is 10. The molecule has 33 nitrogen and oxygen atoms in total. The van der Waals surface area contributed by atoms with Crippen LogP contribution in [0.1, 0.15) is 147 Å². The number of rotatable bonds is 15. The van der Waals surface area contributed by atoms with Crippen LogP contribution in [0.4, 0.5) is 0 Å². The van der Waals surface area contributed by atoms with Gasteiger partial charge >= 0.3 is 0 Å². The normalized spacial score (nSPS) is 30.9. The molecule has 18 heterocycles. The Bertz CT molecular complexity index is 6000. The SMILES string of the molecule is COC(Cc1cc(Cl)ccc1[C@@H](O)[C@H]1O[C@@H](n2ccc3c(Cl)ncnc32)[C@@H]2OC(C)(C)O[C@@H]21)OC.COC1Cc2cc(Cl)ccc2[C@H]([C@H]2O[C@@H](n3ccc4c(C)ncnc43)[C@@H]3OC(C)(C)O[C@@H]32)O1.COC1Cc2cc(Cl)ccc2[C@H]([C@H]2O[C@@H](n3ccc4c(Cl)ncnc43)[C@@H]3OC(C)(C)O[C@@H]32)O1.Cc1ncnc2c1ccn2[C@@H]1O[C@H]([C@@H]2OC(O)Cc3cc(Cl)ccc32)[C@@H](O)[C@H]1O. The first kappa shape index (κ1) is 91.4. The second-order valence-electron chi connectivity index (χ2n) is 34.7. The van der Waals surface area contributed by atoms with Crippen molar-refractivity contribution in [3.8, 4) is 0 Å². The summed E-state index contributed by atoms with van der Waals surface area (Å²) in [6.45, 7) is 15.2. The maximum Gasteiger partial charge on any atom is 0.164 e. The van der Waals surface area contributed by atoms with Crippen molar-refractivity contribution in [1.29, 1.82) is 0 Å². The molecule has 39 heteroatoms. The van der Waals surface area contributed by atoms with E-state index in [4.69, 9.17) is 150 Å². The van der Waals surface area contributed by atoms with Gasteiger partial charge in [-0.15, -0.1) is 0 Å². The third kappa shape index (κ3) is 17.3. The number of benzene rings is 4. The van der Waals surface area contributed by atoms with Crippen molar-refractivity contribution in [3.05, 3.63) is 233 Å². The van der Waals surface area contributed by atoms with E-state index in [0.717, 1.165) is 72.1 Å². The van der Waals surface area contributed by atoms with E-state index in [-0.39, 0.29) is 24.4 Å². The summed E-state index contributed by atoms with van der Waals surface area (Å²) < 4.78 is 111. The van der Waals surface area contributed by atoms with Gasteiger partial charge in [-0.05, 0) is 173 Å². The zero-order chi connectivity index (χ0) is 91.0. The number of methoxy groups -OCH3 is 4. The van der Waals surface area contributed by atoms with E-state index in [2.05, 4.69) is 39.9 Å². The molecule has 10 aliphatic heterocycles. The molecule has 8 aromatic heterocycles. The highest BCUT2D eigenvalue weighted by molar-refractivity contribution is 6.34. The van der Waals surface area contributed by atoms with Gasteiger partial charge in [0, 0.05) is 110 Å². The standard InChI is InChI=1S/C24H27Cl2N3O6.C24H26ClN3O5.C23H23Cl2N3O5.C20H20ClN3O5/c1-24(2)34-19-18(17(30)14-6-5-13(25)9-12(14)10-16(31-3)32-4)33-23(20(19)35-24)29-8-7-15-21(26)27-11-28-22(15)29;1-12-15-7-8-28(22(15)27-11-26-12)23-21-20(32-24(2,3)33-21)19(31-23)18-16-6-5-14(25)9-13(16)10-17(29-4)30-18;1-23(2)32-18-17(16-13-5-4-12(24)8-11(13)9-15(29-3)30-16)31-22(19(18)33-23)28-7-6-14-20(25)26-10-27-21(14)28;1-9-12-4-5-24(19(12)23-8-22-9)20-16(27)15(26)18(29-20)17-13-3-2-11(21)6-10(13)7-14(25)28-17/h5-9,11,16-20,23,30H,10H2,1-4H3;5-9,11,17-21,23H,10H2,1-4H3;4-8,10,15-19,22H,9H2,1-3H3;2-6,8,14-18,20,25-27H,7H2,1H3/t17-,18-,19-,20-,23-;17?,18-,19-,20-,21-,23-;15?,16-,17-,18-,19-,22-;14?,15-,16+,17+,18-,20+/m1110/s1. The fraction of sp³-hybridized carbons (Fsp3) is 0.473. The lowest BCUT2D eigenvalue weighted by Gasteiger charge is -2.36. The molecule has 10 aliphatic rings. The summed E-state index contributed by atoms with van der Waals surface area (Å²) in [7, 11) is 6.40. The number of aryl methyl sites for hydroxylation is 2. The molecule has 4 N–H and O–H groups in total. The van der Waals surface area contributed by atoms with Gasteiger partial charge in [0.05, 0.1) is 22.2 Å². The highest BCUT2D eigenvalue weighted by Gasteiger charge is 2.63. The number of halogens is 6. The van der Waals surface area contributed by atoms with Crippen LogP contribution in [0.5, 0.6) is 0 Å². The van der Waals surface area contributed by atoms with Crippen LogP contribution in [0.3, 0.4) is 0 Å². The minimum absolute atomic E-state index is 0.291. The molecular formula is C91H96Cl6N12O21. The number of hydrogen-bond acceptors (Lipinski definition) is 29. The van der Waals surface area contributed by atoms with Crippen molar-refractivity contribution in [2.24, 2.45) is 0 Å². The third-order valence-corrected chi connectivity index (χ3v) is 26.8. The summed E-state index contributed by atoms with van der Waals surface area (Å²) in [4.78, 5) is 34.2. The molecular weight excluding hydrogens is 1810 g/mol. The first-order valence-electron chi connectivity index (χ1n) is 42.5. The van der Waals surface area contributed by atoms with Crippen molar-refractivity contribution in [1.82, 2.24) is 58.1 Å². The van der Waals surface area contributed by atoms with E-state index in [0.29, 0.717) is 84.0 Å². The Balaban J connectivity index is 0.000000113. The first-order chi connectivity index (χ1) is 62.3. The van der Waals surface area contributed by atoms with Crippen LogP contribution in [0.25, 0.3) is 44.1 Å². The van der Waals surface area contributed by atoms with E-state index in [9.17, 15) is 20.4 Å². The van der Waals surface area contributed by atoms with E-state index >= 15 is 0 Å². The molecule has 3 unspecified atom stereocenters. The largest absolute Gasteiger partial charge is 0.387 e. The van der Waals surface area contributed by atoms with E-state index in [1.54, 1.807) is 81.9 Å². The minimum atomic E-state index is -1.22. The van der Waals surface area contributed by atoms with Crippen LogP contribution < -0.4 is 0 Å². The first-order valence-corrected chi connectivity index (χ1v) is 44.7. The Hall–Kier alpha value is -7.74. The predicted octanol–water partition coefficient (Wildman–Crippen LogP) is 14.2. The third-order valence-electron chi connectivity index (χ3n) is 25.3. The summed E-state index contributed by atoms with van der Waals surface area (Å²) >= 11 is 37.5. The number of nitrogens with zero attached hydrogens (tertiary/aromatic N) is 12. The highest BCUT2D eigenvalue weighted by Crippen LogP contribution is 2.55. The van der Waals surface area contributed by atoms with Crippen LogP contribution in [0, 0.1) is 13.8 Å². The maximum atomic E-state index is 11.6. The van der Waals surface area contributed by atoms with Crippen LogP contribution in [0.15, 0.2) is 147 Å². The fourth-order valence-electron chi connectivity index (χ4n) is 19.5. The van der Waals surface area contributed by atoms with E-state index in [1.165, 1.54) is 19.0 Å². The van der Waals surface area contributed by atoms with Gasteiger partial charge in [-0.2, -0.15) is 0 Å². The second kappa shape index (κ2) is 36.5. The van der Waals surface area contributed by atoms with Crippen molar-refractivity contribution < 1.29 is 101 Å². The Morgan fingerprint density at radius 1 is 0.392 bits per heavy atom. The molecule has 688 valence electrons. The molecule has 22 rings (SSSR count). The quantitative estimate of drug-likeness (QED) is 0.0547. The number of aliphatic hydroxyl groups excluding tert-OH is 4. The highest BCUT2D eigenvalue weighted by atomic mass is 35.5. The number of ether oxygens (including phenoxy) is 17. The molecule has 7 fully saturated rings. The van der Waals surface area contributed by atoms with Crippen LogP contribution >= 0.6 is 69.6 Å². The van der Waals surface area contributed by atoms with Gasteiger partial charge in [0.25, 0.3) is 0 Å². The molecule has 0 amide bonds. The molecule has 0 saturated carbocycles. The van der Waals surface area contributed by atoms with Gasteiger partial charge in [0.2, 0.25) is 0 Å². The van der Waals surface area contributed by atoms with Gasteiger partial charge in [-0.3, -0.25) is 0 Å². The van der Waals surface area contributed by atoms with Crippen molar-refractivity contribution >= 4 is 114 Å². The van der Waals surface area contributed by atoms with Crippen LogP contribution in [-0.2, 0) is 106 Å². The molecule has 7 saturated heterocycles. The summed E-state index contributed by atoms with van der Waals surface area (Å²) in [6, 6.07) is 29.8. The van der Waals surface area contributed by atoms with Gasteiger partial charge in [0.15, 0.2) is 67.4 Å². The van der Waals surface area contributed by atoms with E-state index < -0.39 is 141 Å². The van der Waals surface area contributed by atoms with Gasteiger partial charge in [-0.1, -0.05) is 93.9 Å². The Kier molecular flexibility index (Phi) is 25.6. The average Bonchev–Trinajstić information content (AvgIpc) is 1.56. The van der Waals surface area contributed by atoms with Crippen molar-refractivity contribution in [3.63, 3.8) is 0 Å². The smallest absolute Gasteiger partial charge is 0.164 e. The van der Waals surface area contributed by atoms with Gasteiger partial charge in [-0.25, -0.2) is 39.9 Å². The number of aromatic nitrogens is 12. The molecule has 0 spiro atoms. The zero-order valence-corrected chi connectivity index (χ0v) is 76.9. The summed E-state index contributed by atoms with van der Waals surface area (Å²) in [6.07, 6.45) is 0.463. The van der Waals surface area contributed by atoms with Crippen LogP contribution in [-0.4, -0.2) is 223 Å². The van der Waals surface area contributed by atoms with Crippen molar-refractivity contribution in [2.75, 3.05) is 28.4 Å². The Morgan fingerprint density at radius 2 is 0.762 bits per heavy atom. The summed E-state index contributed by atoms with van der Waals surface area (Å²) in [5.74, 6) is -2.38. The molecule has 0 aliphatic carbocycles. The summed E-state index contributed by atoms with van der Waals surface area (Å²) in [5.41, 5.74) is 11.6. The lowest BCUT2D eigenvalue weighted by atomic mass is 9.91. The van der Waals surface area contributed by atoms with E-state index in [1.807, 2.05) is 148 Å². The topological polar surface area (TPSA) is 361 Å². The molecule has 12 aromatic rings. The molecule has 0 radical (unpaired) electrons. The Morgan fingerprint density at radius 3 is 1.22 bits per heavy atom. The summed E-state index contributed by atoms with van der Waals surface area (Å²) in [5, 5.41) is 49.7. The maximum absolute atomic E-state index is 11.6. The molecule has 4 aromatic carbocycles. The average molecular weight is 1910 g/mol. The van der Waals surface area contributed by atoms with Gasteiger partial charge in [0.1, 0.15) is 156 Å². The predicted molar refractivity (Wildman–Crippen MR) is 471 cm³/mol. The molecule has 130 heavy (non-hydrogen) atoms. The fourth-order valence-corrected chi connectivity index (χ4v) is 20.7. The number of aliphatic hydroxyl groups is 4. The molecule has 23 atom stereocenters. The van der Waals surface area contributed by atoms with Crippen molar-refractivity contribution in [2.45, 2.75) is 246 Å². The second-order valence-corrected chi connectivity index (χ2v) is 37.2. The lowest BCUT2D eigenvalue weighted by Crippen LogP contribution is -2.40. The molecule has 0 bridgehead atoms.